The monoisotopic (exact) mass is 326 g/mol. The highest BCUT2D eigenvalue weighted by molar-refractivity contribution is 6.39. The summed E-state index contributed by atoms with van der Waals surface area (Å²) >= 11 is 12.2. The van der Waals surface area contributed by atoms with Gasteiger partial charge in [0.2, 0.25) is 0 Å². The summed E-state index contributed by atoms with van der Waals surface area (Å²) < 4.78 is 0. The van der Waals surface area contributed by atoms with Crippen molar-refractivity contribution in [2.75, 3.05) is 0 Å². The van der Waals surface area contributed by atoms with E-state index in [1.165, 1.54) is 0 Å². The first kappa shape index (κ1) is 15.8. The Kier molecular flexibility index (Phi) is 4.88. The maximum atomic E-state index is 9.60. The number of aliphatic hydroxyl groups is 3. The van der Waals surface area contributed by atoms with Gasteiger partial charge in [-0.05, 0) is 22.3 Å². The second-order valence-corrected chi connectivity index (χ2v) is 5.07. The average Bonchev–Trinajstić information content (AvgIpc) is 2.79. The molecule has 0 spiro atoms. The molecule has 110 valence electrons. The molecule has 0 saturated carbocycles. The Hall–Kier alpha value is -1.55. The van der Waals surface area contributed by atoms with Crippen LogP contribution in [-0.4, -0.2) is 20.3 Å². The molecule has 0 amide bonds. The number of hydrogen-bond donors (Lipinski definition) is 4. The van der Waals surface area contributed by atoms with Gasteiger partial charge in [-0.25, -0.2) is 0 Å². The number of aliphatic hydroxyl groups excluding tert-OH is 3. The third kappa shape index (κ3) is 2.64. The smallest absolute Gasteiger partial charge is 0.138 e. The van der Waals surface area contributed by atoms with E-state index < -0.39 is 0 Å². The topological polar surface area (TPSA) is 100 Å². The van der Waals surface area contributed by atoms with Crippen LogP contribution >= 0.6 is 23.2 Å². The lowest BCUT2D eigenvalue weighted by atomic mass is 9.93. The molecule has 0 atom stereocenters. The van der Waals surface area contributed by atoms with Crippen molar-refractivity contribution in [2.45, 2.75) is 19.8 Å². The highest BCUT2D eigenvalue weighted by Crippen LogP contribution is 2.40. The number of rotatable bonds is 4. The van der Waals surface area contributed by atoms with Crippen LogP contribution < -0.4 is 0 Å². The lowest BCUT2D eigenvalue weighted by Gasteiger charge is -2.15. The quantitative estimate of drug-likeness (QED) is 0.692. The molecule has 0 saturated heterocycles. The molecule has 1 aromatic carbocycles. The summed E-state index contributed by atoms with van der Waals surface area (Å²) in [4.78, 5) is 2.66. The van der Waals surface area contributed by atoms with Crippen molar-refractivity contribution in [1.82, 2.24) is 4.98 Å². The first-order chi connectivity index (χ1) is 10.1. The summed E-state index contributed by atoms with van der Waals surface area (Å²) in [6.07, 6.45) is 0. The van der Waals surface area contributed by atoms with E-state index >= 15 is 0 Å². The lowest BCUT2D eigenvalue weighted by Crippen LogP contribution is -2.03. The van der Waals surface area contributed by atoms with E-state index in [4.69, 9.17) is 28.5 Å². The first-order valence-corrected chi connectivity index (χ1v) is 6.78. The van der Waals surface area contributed by atoms with Gasteiger partial charge in [0, 0.05) is 5.56 Å². The van der Waals surface area contributed by atoms with Crippen molar-refractivity contribution in [2.24, 2.45) is 0 Å². The molecule has 4 N–H and O–H groups in total. The number of hydrogen-bond acceptors (Lipinski definition) is 4. The van der Waals surface area contributed by atoms with Crippen molar-refractivity contribution in [3.8, 4) is 17.2 Å². The van der Waals surface area contributed by atoms with E-state index in [2.05, 4.69) is 4.98 Å². The molecule has 0 aliphatic carbocycles. The molecule has 2 rings (SSSR count). The zero-order valence-electron chi connectivity index (χ0n) is 10.8. The zero-order chi connectivity index (χ0) is 15.6. The lowest BCUT2D eigenvalue weighted by molar-refractivity contribution is 0.248. The van der Waals surface area contributed by atoms with E-state index in [1.807, 2.05) is 6.07 Å². The summed E-state index contributed by atoms with van der Waals surface area (Å²) in [7, 11) is 0. The fraction of sp³-hybridized carbons (Fsp3) is 0.214. The fourth-order valence-electron chi connectivity index (χ4n) is 2.26. The van der Waals surface area contributed by atoms with Crippen LogP contribution in [0.5, 0.6) is 0 Å². The van der Waals surface area contributed by atoms with Gasteiger partial charge in [0.25, 0.3) is 0 Å². The molecule has 0 unspecified atom stereocenters. The Labute approximate surface area is 131 Å². The molecule has 1 heterocycles. The van der Waals surface area contributed by atoms with Crippen LogP contribution in [0.4, 0.5) is 0 Å². The molecular formula is C14H12Cl2N2O3. The van der Waals surface area contributed by atoms with Crippen molar-refractivity contribution >= 4 is 23.2 Å². The fourth-order valence-corrected chi connectivity index (χ4v) is 2.89. The number of aromatic amines is 1. The molecule has 5 nitrogen and oxygen atoms in total. The summed E-state index contributed by atoms with van der Waals surface area (Å²) in [6, 6.07) is 5.15. The number of H-pyrrole nitrogens is 1. The second kappa shape index (κ2) is 6.48. The van der Waals surface area contributed by atoms with Crippen molar-refractivity contribution in [3.63, 3.8) is 0 Å². The third-order valence-corrected chi connectivity index (χ3v) is 3.95. The highest BCUT2D eigenvalue weighted by Gasteiger charge is 2.21. The van der Waals surface area contributed by atoms with Gasteiger partial charge in [-0.2, -0.15) is 5.26 Å². The van der Waals surface area contributed by atoms with E-state index in [-0.39, 0.29) is 35.7 Å². The Balaban J connectivity index is 2.76. The third-order valence-electron chi connectivity index (χ3n) is 3.29. The predicted molar refractivity (Wildman–Crippen MR) is 78.7 cm³/mol. The standard InChI is InChI=1S/C14H12Cl2N2O3/c15-13-11(3-17)18-14(16)12(13)8-2-1-7(4-19)9(5-20)10(8)6-21/h1-2,18-21H,4-6H2. The summed E-state index contributed by atoms with van der Waals surface area (Å²) in [5.74, 6) is 0. The Bertz CT molecular complexity index is 720. The normalized spacial score (nSPS) is 10.7. The number of halogens is 2. The van der Waals surface area contributed by atoms with Gasteiger partial charge >= 0.3 is 0 Å². The number of nitrogens with zero attached hydrogens (tertiary/aromatic N) is 1. The highest BCUT2D eigenvalue weighted by atomic mass is 35.5. The van der Waals surface area contributed by atoms with Gasteiger partial charge in [0.15, 0.2) is 0 Å². The van der Waals surface area contributed by atoms with Gasteiger partial charge in [0.1, 0.15) is 16.9 Å². The van der Waals surface area contributed by atoms with Crippen molar-refractivity contribution < 1.29 is 15.3 Å². The van der Waals surface area contributed by atoms with Crippen molar-refractivity contribution in [1.29, 1.82) is 5.26 Å². The van der Waals surface area contributed by atoms with Gasteiger partial charge in [-0.1, -0.05) is 35.3 Å². The molecule has 0 aliphatic heterocycles. The summed E-state index contributed by atoms with van der Waals surface area (Å²) in [5.41, 5.74) is 2.36. The van der Waals surface area contributed by atoms with Crippen LogP contribution in [-0.2, 0) is 19.8 Å². The van der Waals surface area contributed by atoms with Crippen LogP contribution in [0.3, 0.4) is 0 Å². The van der Waals surface area contributed by atoms with E-state index in [0.717, 1.165) is 0 Å². The minimum Gasteiger partial charge on any atom is -0.392 e. The Morgan fingerprint density at radius 2 is 1.71 bits per heavy atom. The molecule has 0 fully saturated rings. The van der Waals surface area contributed by atoms with Gasteiger partial charge in [0.05, 0.1) is 24.8 Å². The van der Waals surface area contributed by atoms with Crippen LogP contribution in [0.2, 0.25) is 10.2 Å². The maximum absolute atomic E-state index is 9.60. The Morgan fingerprint density at radius 1 is 1.05 bits per heavy atom. The maximum Gasteiger partial charge on any atom is 0.138 e. The van der Waals surface area contributed by atoms with Crippen molar-refractivity contribution in [3.05, 3.63) is 44.7 Å². The molecule has 21 heavy (non-hydrogen) atoms. The van der Waals surface area contributed by atoms with Gasteiger partial charge in [-0.15, -0.1) is 0 Å². The molecule has 0 bridgehead atoms. The molecule has 7 heteroatoms. The SMILES string of the molecule is N#Cc1[nH]c(Cl)c(-c2ccc(CO)c(CO)c2CO)c1Cl. The van der Waals surface area contributed by atoms with E-state index in [0.29, 0.717) is 27.8 Å². The van der Waals surface area contributed by atoms with Crippen LogP contribution in [0.15, 0.2) is 12.1 Å². The van der Waals surface area contributed by atoms with Crippen LogP contribution in [0.1, 0.15) is 22.4 Å². The number of nitriles is 1. The van der Waals surface area contributed by atoms with E-state index in [9.17, 15) is 15.3 Å². The first-order valence-electron chi connectivity index (χ1n) is 6.02. The number of benzene rings is 1. The average molecular weight is 327 g/mol. The molecule has 1 aromatic heterocycles. The molecule has 0 radical (unpaired) electrons. The van der Waals surface area contributed by atoms with Crippen LogP contribution in [0, 0.1) is 11.3 Å². The van der Waals surface area contributed by atoms with Crippen LogP contribution in [0.25, 0.3) is 11.1 Å². The van der Waals surface area contributed by atoms with E-state index in [1.54, 1.807) is 12.1 Å². The second-order valence-electron chi connectivity index (χ2n) is 4.32. The number of aromatic nitrogens is 1. The largest absolute Gasteiger partial charge is 0.392 e. The summed E-state index contributed by atoms with van der Waals surface area (Å²) in [6.45, 7) is -0.968. The number of nitrogens with one attached hydrogen (secondary N) is 1. The zero-order valence-corrected chi connectivity index (χ0v) is 12.3. The Morgan fingerprint density at radius 3 is 2.19 bits per heavy atom. The minimum absolute atomic E-state index is 0.123. The molecule has 0 aliphatic rings. The molecule has 2 aromatic rings. The predicted octanol–water partition coefficient (Wildman–Crippen LogP) is 2.34. The van der Waals surface area contributed by atoms with Gasteiger partial charge in [-0.3, -0.25) is 0 Å². The van der Waals surface area contributed by atoms with Gasteiger partial charge < -0.3 is 20.3 Å². The minimum atomic E-state index is -0.362. The summed E-state index contributed by atoms with van der Waals surface area (Å²) in [5, 5.41) is 37.7. The molecular weight excluding hydrogens is 315 g/mol.